The Bertz CT molecular complexity index is 1190. The van der Waals surface area contributed by atoms with Gasteiger partial charge in [0, 0.05) is 11.3 Å². The van der Waals surface area contributed by atoms with Crippen LogP contribution in [0.5, 0.6) is 5.75 Å². The van der Waals surface area contributed by atoms with E-state index in [4.69, 9.17) is 4.74 Å². The first-order chi connectivity index (χ1) is 15.4. The molecule has 3 aromatic carbocycles. The second kappa shape index (κ2) is 8.71. The molecule has 0 radical (unpaired) electrons. The van der Waals surface area contributed by atoms with Gasteiger partial charge in [-0.05, 0) is 56.2 Å². The summed E-state index contributed by atoms with van der Waals surface area (Å²) >= 11 is 0. The van der Waals surface area contributed by atoms with Crippen LogP contribution in [0.2, 0.25) is 0 Å². The number of carbonyl (C=O) groups is 2. The Labute approximate surface area is 187 Å². The van der Waals surface area contributed by atoms with Gasteiger partial charge in [0.1, 0.15) is 11.5 Å². The molecule has 32 heavy (non-hydrogen) atoms. The molecule has 1 saturated heterocycles. The number of ketones is 1. The number of ether oxygens (including phenoxy) is 1. The van der Waals surface area contributed by atoms with Gasteiger partial charge in [-0.1, -0.05) is 54.1 Å². The van der Waals surface area contributed by atoms with Gasteiger partial charge in [-0.2, -0.15) is 0 Å². The van der Waals surface area contributed by atoms with Gasteiger partial charge in [-0.3, -0.25) is 14.5 Å². The summed E-state index contributed by atoms with van der Waals surface area (Å²) in [6, 6.07) is 21.1. The first kappa shape index (κ1) is 21.4. The molecule has 0 aliphatic carbocycles. The summed E-state index contributed by atoms with van der Waals surface area (Å²) in [4.78, 5) is 27.9. The van der Waals surface area contributed by atoms with Crippen LogP contribution in [-0.2, 0) is 9.59 Å². The number of rotatable bonds is 5. The summed E-state index contributed by atoms with van der Waals surface area (Å²) in [5.41, 5.74) is 3.89. The number of benzene rings is 3. The minimum Gasteiger partial charge on any atom is -0.507 e. The predicted octanol–water partition coefficient (Wildman–Crippen LogP) is 5.33. The molecule has 162 valence electrons. The van der Waals surface area contributed by atoms with Crippen molar-refractivity contribution < 1.29 is 19.4 Å². The highest BCUT2D eigenvalue weighted by molar-refractivity contribution is 6.51. The van der Waals surface area contributed by atoms with Crippen molar-refractivity contribution in [3.05, 3.63) is 101 Å². The summed E-state index contributed by atoms with van der Waals surface area (Å²) in [5.74, 6) is -0.869. The molecule has 5 heteroatoms. The molecule has 1 fully saturated rings. The van der Waals surface area contributed by atoms with Crippen LogP contribution in [0.3, 0.4) is 0 Å². The molecular formula is C27H25NO4. The largest absolute Gasteiger partial charge is 0.507 e. The van der Waals surface area contributed by atoms with E-state index >= 15 is 0 Å². The highest BCUT2D eigenvalue weighted by Gasteiger charge is 2.47. The number of Topliss-reactive ketones (excluding diaryl/α,β-unsaturated/α-hetero) is 1. The molecule has 1 amide bonds. The number of carbonyl (C=O) groups excluding carboxylic acids is 2. The minimum absolute atomic E-state index is 0.0852. The highest BCUT2D eigenvalue weighted by Crippen LogP contribution is 2.43. The number of hydrogen-bond donors (Lipinski definition) is 1. The fraction of sp³-hybridized carbons (Fsp3) is 0.185. The quantitative estimate of drug-likeness (QED) is 0.340. The second-order valence-corrected chi connectivity index (χ2v) is 7.82. The number of aryl methyl sites for hydroxylation is 2. The molecular weight excluding hydrogens is 402 g/mol. The van der Waals surface area contributed by atoms with Gasteiger partial charge < -0.3 is 9.84 Å². The molecule has 0 spiro atoms. The molecule has 3 aromatic rings. The summed E-state index contributed by atoms with van der Waals surface area (Å²) < 4.78 is 5.51. The molecule has 5 nitrogen and oxygen atoms in total. The fourth-order valence-corrected chi connectivity index (χ4v) is 4.02. The maximum absolute atomic E-state index is 13.2. The third kappa shape index (κ3) is 3.78. The minimum atomic E-state index is -0.740. The molecule has 0 bridgehead atoms. The van der Waals surface area contributed by atoms with Crippen molar-refractivity contribution in [2.75, 3.05) is 11.5 Å². The lowest BCUT2D eigenvalue weighted by atomic mass is 9.92. The zero-order valence-electron chi connectivity index (χ0n) is 18.3. The lowest BCUT2D eigenvalue weighted by Crippen LogP contribution is -2.29. The molecule has 1 unspecified atom stereocenters. The van der Waals surface area contributed by atoms with Crippen LogP contribution in [0.25, 0.3) is 5.76 Å². The van der Waals surface area contributed by atoms with Crippen molar-refractivity contribution in [2.45, 2.75) is 26.8 Å². The number of nitrogens with zero attached hydrogens (tertiary/aromatic N) is 1. The number of hydrogen-bond acceptors (Lipinski definition) is 4. The van der Waals surface area contributed by atoms with Crippen molar-refractivity contribution in [3.8, 4) is 5.75 Å². The van der Waals surface area contributed by atoms with E-state index in [0.717, 1.165) is 16.7 Å². The molecule has 1 atom stereocenters. The van der Waals surface area contributed by atoms with Gasteiger partial charge in [-0.25, -0.2) is 0 Å². The van der Waals surface area contributed by atoms with Gasteiger partial charge in [0.2, 0.25) is 0 Å². The van der Waals surface area contributed by atoms with Crippen molar-refractivity contribution in [2.24, 2.45) is 0 Å². The first-order valence-corrected chi connectivity index (χ1v) is 10.6. The fourth-order valence-electron chi connectivity index (χ4n) is 4.02. The Morgan fingerprint density at radius 3 is 2.22 bits per heavy atom. The average molecular weight is 428 g/mol. The van der Waals surface area contributed by atoms with Gasteiger partial charge in [0.25, 0.3) is 11.7 Å². The Morgan fingerprint density at radius 2 is 1.59 bits per heavy atom. The summed E-state index contributed by atoms with van der Waals surface area (Å²) in [5, 5.41) is 11.2. The number of aliphatic hydroxyl groups excluding tert-OH is 1. The standard InChI is InChI=1S/C27H25NO4/c1-4-32-21-15-13-20(14-16-21)28-24(22-8-6-5-7-18(22)3)23(26(30)27(28)31)25(29)19-11-9-17(2)10-12-19/h5-16,24,29H,4H2,1-3H3/b25-23-. The zero-order valence-corrected chi connectivity index (χ0v) is 18.3. The Hall–Kier alpha value is -3.86. The molecule has 1 heterocycles. The van der Waals surface area contributed by atoms with Gasteiger partial charge in [0.15, 0.2) is 0 Å². The summed E-state index contributed by atoms with van der Waals surface area (Å²) in [6.45, 7) is 6.31. The maximum atomic E-state index is 13.2. The van der Waals surface area contributed by atoms with Crippen LogP contribution in [0.15, 0.2) is 78.4 Å². The molecule has 1 aliphatic heterocycles. The van der Waals surface area contributed by atoms with E-state index < -0.39 is 17.7 Å². The van der Waals surface area contributed by atoms with Crippen LogP contribution in [0, 0.1) is 13.8 Å². The monoisotopic (exact) mass is 427 g/mol. The Balaban J connectivity index is 1.91. The van der Waals surface area contributed by atoms with E-state index in [0.29, 0.717) is 23.6 Å². The smallest absolute Gasteiger partial charge is 0.300 e. The van der Waals surface area contributed by atoms with E-state index in [1.54, 1.807) is 36.4 Å². The number of amides is 1. The van der Waals surface area contributed by atoms with E-state index in [2.05, 4.69) is 0 Å². The number of aliphatic hydroxyl groups is 1. The van der Waals surface area contributed by atoms with E-state index in [9.17, 15) is 14.7 Å². The predicted molar refractivity (Wildman–Crippen MR) is 125 cm³/mol. The average Bonchev–Trinajstić information content (AvgIpc) is 3.05. The highest BCUT2D eigenvalue weighted by atomic mass is 16.5. The summed E-state index contributed by atoms with van der Waals surface area (Å²) in [7, 11) is 0. The molecule has 4 rings (SSSR count). The normalized spacial score (nSPS) is 17.6. The van der Waals surface area contributed by atoms with Gasteiger partial charge in [0.05, 0.1) is 18.2 Å². The van der Waals surface area contributed by atoms with Crippen molar-refractivity contribution in [1.82, 2.24) is 0 Å². The van der Waals surface area contributed by atoms with E-state index in [1.807, 2.05) is 57.2 Å². The van der Waals surface area contributed by atoms with Crippen molar-refractivity contribution in [3.63, 3.8) is 0 Å². The first-order valence-electron chi connectivity index (χ1n) is 10.6. The van der Waals surface area contributed by atoms with Crippen molar-refractivity contribution in [1.29, 1.82) is 0 Å². The zero-order chi connectivity index (χ0) is 22.8. The molecule has 0 aromatic heterocycles. The third-order valence-corrected chi connectivity index (χ3v) is 5.68. The molecule has 1 N–H and O–H groups in total. The SMILES string of the molecule is CCOc1ccc(N2C(=O)C(=O)/C(=C(\O)c3ccc(C)cc3)C2c2ccccc2C)cc1. The van der Waals surface area contributed by atoms with Crippen LogP contribution >= 0.6 is 0 Å². The lowest BCUT2D eigenvalue weighted by Gasteiger charge is -2.26. The Kier molecular flexibility index (Phi) is 5.82. The maximum Gasteiger partial charge on any atom is 0.300 e. The molecule has 0 saturated carbocycles. The van der Waals surface area contributed by atoms with Crippen LogP contribution in [0.1, 0.15) is 35.2 Å². The van der Waals surface area contributed by atoms with E-state index in [1.165, 1.54) is 4.90 Å². The molecule has 1 aliphatic rings. The second-order valence-electron chi connectivity index (χ2n) is 7.82. The topological polar surface area (TPSA) is 66.8 Å². The van der Waals surface area contributed by atoms with E-state index in [-0.39, 0.29) is 11.3 Å². The van der Waals surface area contributed by atoms with Gasteiger partial charge in [-0.15, -0.1) is 0 Å². The van der Waals surface area contributed by atoms with Crippen LogP contribution in [0.4, 0.5) is 5.69 Å². The van der Waals surface area contributed by atoms with Crippen LogP contribution in [-0.4, -0.2) is 23.4 Å². The lowest BCUT2D eigenvalue weighted by molar-refractivity contribution is -0.132. The van der Waals surface area contributed by atoms with Crippen molar-refractivity contribution >= 4 is 23.1 Å². The number of anilines is 1. The third-order valence-electron chi connectivity index (χ3n) is 5.68. The Morgan fingerprint density at radius 1 is 0.938 bits per heavy atom. The van der Waals surface area contributed by atoms with Gasteiger partial charge >= 0.3 is 0 Å². The van der Waals surface area contributed by atoms with Crippen LogP contribution < -0.4 is 9.64 Å². The summed E-state index contributed by atoms with van der Waals surface area (Å²) in [6.07, 6.45) is 0.